The van der Waals surface area contributed by atoms with E-state index in [0.29, 0.717) is 12.3 Å². The highest BCUT2D eigenvalue weighted by molar-refractivity contribution is 5.79. The van der Waals surface area contributed by atoms with Crippen LogP contribution < -0.4 is 5.73 Å². The topological polar surface area (TPSA) is 74.7 Å². The van der Waals surface area contributed by atoms with Crippen LogP contribution in [0.15, 0.2) is 23.4 Å². The average molecular weight is 250 g/mol. The van der Waals surface area contributed by atoms with Gasteiger partial charge in [0.05, 0.1) is 5.69 Å². The van der Waals surface area contributed by atoms with Gasteiger partial charge in [-0.1, -0.05) is 18.1 Å². The van der Waals surface area contributed by atoms with Crippen LogP contribution in [0.5, 0.6) is 0 Å². The summed E-state index contributed by atoms with van der Waals surface area (Å²) in [4.78, 5) is 6.79. The van der Waals surface area contributed by atoms with E-state index in [1.165, 1.54) is 0 Å². The highest BCUT2D eigenvalue weighted by Gasteiger charge is 2.05. The van der Waals surface area contributed by atoms with Gasteiger partial charge in [0.2, 0.25) is 0 Å². The van der Waals surface area contributed by atoms with Gasteiger partial charge in [0, 0.05) is 18.7 Å². The molecule has 1 aromatic rings. The van der Waals surface area contributed by atoms with E-state index in [0.717, 1.165) is 37.4 Å². The summed E-state index contributed by atoms with van der Waals surface area (Å²) in [5.74, 6) is 0.291. The van der Waals surface area contributed by atoms with E-state index in [1.807, 2.05) is 25.1 Å². The molecule has 0 fully saturated rings. The van der Waals surface area contributed by atoms with Crippen LogP contribution in [0.2, 0.25) is 0 Å². The van der Waals surface area contributed by atoms with Crippen LogP contribution in [0.1, 0.15) is 31.2 Å². The minimum atomic E-state index is 0.291. The second-order valence-electron chi connectivity index (χ2n) is 4.33. The Balaban J connectivity index is 2.42. The fourth-order valence-electron chi connectivity index (χ4n) is 1.80. The summed E-state index contributed by atoms with van der Waals surface area (Å²) < 4.78 is 0. The third-order valence-electron chi connectivity index (χ3n) is 2.81. The van der Waals surface area contributed by atoms with Gasteiger partial charge >= 0.3 is 0 Å². The van der Waals surface area contributed by atoms with Crippen LogP contribution in [0.4, 0.5) is 0 Å². The quantitative estimate of drug-likeness (QED) is 0.334. The number of oxime groups is 1. The van der Waals surface area contributed by atoms with Crippen LogP contribution in [0.25, 0.3) is 0 Å². The third kappa shape index (κ3) is 5.14. The summed E-state index contributed by atoms with van der Waals surface area (Å²) in [6.07, 6.45) is 1.50. The van der Waals surface area contributed by atoms with Crippen molar-refractivity contribution in [1.29, 1.82) is 0 Å². The van der Waals surface area contributed by atoms with Crippen molar-refractivity contribution >= 4 is 5.84 Å². The van der Waals surface area contributed by atoms with Gasteiger partial charge in [-0.15, -0.1) is 0 Å². The van der Waals surface area contributed by atoms with Crippen molar-refractivity contribution < 1.29 is 5.21 Å². The standard InChI is InChI=1S/C13H22N4O/c1-3-17(9-5-8-13(14)16-18)10-12-7-4-6-11(2)15-12/h4,6-7,18H,3,5,8-10H2,1-2H3,(H2,14,16). The molecule has 18 heavy (non-hydrogen) atoms. The molecule has 0 saturated heterocycles. The lowest BCUT2D eigenvalue weighted by Crippen LogP contribution is -2.25. The number of nitrogens with zero attached hydrogens (tertiary/aromatic N) is 3. The lowest BCUT2D eigenvalue weighted by Gasteiger charge is -2.19. The normalized spacial score (nSPS) is 12.1. The molecule has 1 heterocycles. The van der Waals surface area contributed by atoms with Crippen LogP contribution >= 0.6 is 0 Å². The van der Waals surface area contributed by atoms with Gasteiger partial charge in [-0.3, -0.25) is 9.88 Å². The van der Waals surface area contributed by atoms with Gasteiger partial charge in [0.15, 0.2) is 0 Å². The molecule has 5 nitrogen and oxygen atoms in total. The number of rotatable bonds is 7. The fraction of sp³-hybridized carbons (Fsp3) is 0.538. The summed E-state index contributed by atoms with van der Waals surface area (Å²) in [7, 11) is 0. The largest absolute Gasteiger partial charge is 0.409 e. The number of amidine groups is 1. The van der Waals surface area contributed by atoms with Crippen molar-refractivity contribution in [3.8, 4) is 0 Å². The number of nitrogens with two attached hydrogens (primary N) is 1. The van der Waals surface area contributed by atoms with Crippen molar-refractivity contribution in [2.24, 2.45) is 10.9 Å². The molecule has 0 aromatic carbocycles. The molecule has 0 saturated carbocycles. The van der Waals surface area contributed by atoms with Crippen LogP contribution in [-0.4, -0.2) is 34.0 Å². The lowest BCUT2D eigenvalue weighted by molar-refractivity contribution is 0.273. The maximum atomic E-state index is 8.46. The second-order valence-corrected chi connectivity index (χ2v) is 4.33. The maximum Gasteiger partial charge on any atom is 0.139 e. The predicted molar refractivity (Wildman–Crippen MR) is 72.6 cm³/mol. The van der Waals surface area contributed by atoms with Crippen molar-refractivity contribution in [3.63, 3.8) is 0 Å². The molecule has 100 valence electrons. The molecule has 0 atom stereocenters. The van der Waals surface area contributed by atoms with Crippen LogP contribution in [0, 0.1) is 6.92 Å². The van der Waals surface area contributed by atoms with E-state index in [4.69, 9.17) is 10.9 Å². The van der Waals surface area contributed by atoms with Crippen LogP contribution in [0.3, 0.4) is 0 Å². The van der Waals surface area contributed by atoms with Crippen molar-refractivity contribution in [2.45, 2.75) is 33.2 Å². The highest BCUT2D eigenvalue weighted by atomic mass is 16.4. The first kappa shape index (κ1) is 14.4. The number of aryl methyl sites for hydroxylation is 1. The summed E-state index contributed by atoms with van der Waals surface area (Å²) in [5, 5.41) is 11.4. The summed E-state index contributed by atoms with van der Waals surface area (Å²) in [6, 6.07) is 6.07. The average Bonchev–Trinajstić information content (AvgIpc) is 2.37. The first-order valence-electron chi connectivity index (χ1n) is 6.27. The van der Waals surface area contributed by atoms with Crippen LogP contribution in [-0.2, 0) is 6.54 Å². The van der Waals surface area contributed by atoms with Gasteiger partial charge in [-0.05, 0) is 38.6 Å². The second kappa shape index (κ2) is 7.66. The smallest absolute Gasteiger partial charge is 0.139 e. The Morgan fingerprint density at radius 1 is 1.50 bits per heavy atom. The molecule has 0 spiro atoms. The fourth-order valence-corrected chi connectivity index (χ4v) is 1.80. The van der Waals surface area contributed by atoms with E-state index in [1.54, 1.807) is 0 Å². The lowest BCUT2D eigenvalue weighted by atomic mass is 10.2. The number of hydrogen-bond donors (Lipinski definition) is 2. The molecule has 3 N–H and O–H groups in total. The first-order chi connectivity index (χ1) is 8.65. The number of pyridine rings is 1. The molecule has 1 rings (SSSR count). The van der Waals surface area contributed by atoms with E-state index in [2.05, 4.69) is 22.0 Å². The zero-order valence-electron chi connectivity index (χ0n) is 11.1. The molecule has 0 radical (unpaired) electrons. The van der Waals surface area contributed by atoms with E-state index in [9.17, 15) is 0 Å². The van der Waals surface area contributed by atoms with Gasteiger partial charge in [-0.25, -0.2) is 0 Å². The SMILES string of the molecule is CCN(CCCC(N)=NO)Cc1cccc(C)n1. The monoisotopic (exact) mass is 250 g/mol. The van der Waals surface area contributed by atoms with Crippen molar-refractivity contribution in [2.75, 3.05) is 13.1 Å². The molecule has 5 heteroatoms. The molecule has 0 aliphatic heterocycles. The number of hydrogen-bond acceptors (Lipinski definition) is 4. The van der Waals surface area contributed by atoms with Gasteiger partial charge < -0.3 is 10.9 Å². The molecular weight excluding hydrogens is 228 g/mol. The van der Waals surface area contributed by atoms with E-state index >= 15 is 0 Å². The van der Waals surface area contributed by atoms with E-state index in [-0.39, 0.29) is 0 Å². The van der Waals surface area contributed by atoms with Crippen molar-refractivity contribution in [3.05, 3.63) is 29.6 Å². The van der Waals surface area contributed by atoms with Gasteiger partial charge in [0.25, 0.3) is 0 Å². The molecule has 0 aliphatic carbocycles. The molecule has 0 amide bonds. The predicted octanol–water partition coefficient (Wildman–Crippen LogP) is 1.74. The minimum Gasteiger partial charge on any atom is -0.409 e. The maximum absolute atomic E-state index is 8.46. The molecule has 0 bridgehead atoms. The van der Waals surface area contributed by atoms with Gasteiger partial charge in [-0.2, -0.15) is 0 Å². The third-order valence-corrected chi connectivity index (χ3v) is 2.81. The Hall–Kier alpha value is -1.62. The Morgan fingerprint density at radius 3 is 2.89 bits per heavy atom. The summed E-state index contributed by atoms with van der Waals surface area (Å²) in [5.41, 5.74) is 7.57. The Bertz CT molecular complexity index is 392. The Labute approximate surface area is 108 Å². The molecular formula is C13H22N4O. The zero-order chi connectivity index (χ0) is 13.4. The Morgan fingerprint density at radius 2 is 2.28 bits per heavy atom. The minimum absolute atomic E-state index is 0.291. The summed E-state index contributed by atoms with van der Waals surface area (Å²) >= 11 is 0. The molecule has 0 aliphatic rings. The molecule has 1 aromatic heterocycles. The summed E-state index contributed by atoms with van der Waals surface area (Å²) in [6.45, 7) is 6.85. The van der Waals surface area contributed by atoms with Crippen molar-refractivity contribution in [1.82, 2.24) is 9.88 Å². The molecule has 0 unspecified atom stereocenters. The van der Waals surface area contributed by atoms with E-state index < -0.39 is 0 Å². The number of aromatic nitrogens is 1. The first-order valence-corrected chi connectivity index (χ1v) is 6.27. The highest BCUT2D eigenvalue weighted by Crippen LogP contribution is 2.04. The Kier molecular flexibility index (Phi) is 6.14. The zero-order valence-corrected chi connectivity index (χ0v) is 11.1. The van der Waals surface area contributed by atoms with Gasteiger partial charge in [0.1, 0.15) is 5.84 Å².